The second-order valence-corrected chi connectivity index (χ2v) is 3.63. The average molecular weight is 243 g/mol. The number of ether oxygens (including phenoxy) is 3. The Morgan fingerprint density at radius 1 is 1.59 bits per heavy atom. The normalized spacial score (nSPS) is 18.2. The summed E-state index contributed by atoms with van der Waals surface area (Å²) in [6.45, 7) is 3.67. The molecule has 0 radical (unpaired) electrons. The largest absolute Gasteiger partial charge is 0.463 e. The minimum absolute atomic E-state index is 0.445. The van der Waals surface area contributed by atoms with Gasteiger partial charge in [0.05, 0.1) is 26.7 Å². The molecule has 0 unspecified atom stereocenters. The van der Waals surface area contributed by atoms with Crippen LogP contribution in [0.5, 0.6) is 0 Å². The van der Waals surface area contributed by atoms with E-state index in [1.165, 1.54) is 13.4 Å². The van der Waals surface area contributed by atoms with E-state index in [2.05, 4.69) is 15.0 Å². The monoisotopic (exact) mass is 243 g/mol. The molecular formula is C10H17N3O4. The lowest BCUT2D eigenvalue weighted by atomic mass is 10.2. The van der Waals surface area contributed by atoms with Crippen LogP contribution in [0.1, 0.15) is 13.3 Å². The number of esters is 1. The first-order valence-corrected chi connectivity index (χ1v) is 5.28. The number of hydrogen-bond acceptors (Lipinski definition) is 5. The summed E-state index contributed by atoms with van der Waals surface area (Å²) in [4.78, 5) is 14.4. The summed E-state index contributed by atoms with van der Waals surface area (Å²) in [6.07, 6.45) is 1.95. The Balaban J connectivity index is 2.17. The van der Waals surface area contributed by atoms with Gasteiger partial charge in [-0.05, 0) is 6.92 Å². The molecule has 1 aliphatic heterocycles. The fourth-order valence-electron chi connectivity index (χ4n) is 1.32. The Bertz CT molecular complexity index is 311. The van der Waals surface area contributed by atoms with Crippen molar-refractivity contribution in [2.45, 2.75) is 19.1 Å². The predicted molar refractivity (Wildman–Crippen MR) is 61.2 cm³/mol. The molecule has 1 heterocycles. The Kier molecular flexibility index (Phi) is 5.05. The molecule has 96 valence electrons. The average Bonchev–Trinajstić information content (AvgIpc) is 2.74. The molecule has 0 atom stereocenters. The summed E-state index contributed by atoms with van der Waals surface area (Å²) in [7, 11) is 1.20. The Labute approximate surface area is 99.7 Å². The number of methoxy groups -OCH3 is 1. The van der Waals surface area contributed by atoms with Crippen LogP contribution in [0.25, 0.3) is 0 Å². The SMILES string of the molecule is COC(=O)C(=N)/N=C\NCCC1(C)OCCO1. The Hall–Kier alpha value is -1.47. The molecule has 0 aliphatic carbocycles. The van der Waals surface area contributed by atoms with Gasteiger partial charge in [0, 0.05) is 13.0 Å². The van der Waals surface area contributed by atoms with Gasteiger partial charge in [-0.15, -0.1) is 0 Å². The maximum atomic E-state index is 10.8. The standard InChI is InChI=1S/C10H17N3O4/c1-10(16-5-6-17-10)3-4-12-7-13-8(11)9(14)15-2/h7H,3-6H2,1-2H3,(H2,11,12,13). The van der Waals surface area contributed by atoms with Gasteiger partial charge in [0.15, 0.2) is 5.79 Å². The summed E-state index contributed by atoms with van der Waals surface area (Å²) >= 11 is 0. The highest BCUT2D eigenvalue weighted by Crippen LogP contribution is 2.21. The predicted octanol–water partition coefficient (Wildman–Crippen LogP) is -0.0923. The van der Waals surface area contributed by atoms with Gasteiger partial charge in [-0.3, -0.25) is 5.41 Å². The van der Waals surface area contributed by atoms with E-state index < -0.39 is 17.6 Å². The molecule has 0 aromatic carbocycles. The lowest BCUT2D eigenvalue weighted by Crippen LogP contribution is -2.30. The Morgan fingerprint density at radius 2 is 2.24 bits per heavy atom. The number of carbonyl (C=O) groups excluding carboxylic acids is 1. The molecule has 1 saturated heterocycles. The number of nitrogens with one attached hydrogen (secondary N) is 2. The highest BCUT2D eigenvalue weighted by molar-refractivity contribution is 6.35. The zero-order valence-electron chi connectivity index (χ0n) is 9.99. The van der Waals surface area contributed by atoms with Crippen LogP contribution in [0.4, 0.5) is 0 Å². The van der Waals surface area contributed by atoms with Gasteiger partial charge < -0.3 is 19.5 Å². The summed E-state index contributed by atoms with van der Waals surface area (Å²) in [5.41, 5.74) is 0. The zero-order valence-corrected chi connectivity index (χ0v) is 9.99. The maximum absolute atomic E-state index is 10.8. The van der Waals surface area contributed by atoms with Crippen molar-refractivity contribution in [1.82, 2.24) is 5.32 Å². The van der Waals surface area contributed by atoms with E-state index in [9.17, 15) is 4.79 Å². The van der Waals surface area contributed by atoms with Crippen molar-refractivity contribution in [1.29, 1.82) is 5.41 Å². The van der Waals surface area contributed by atoms with E-state index in [0.29, 0.717) is 26.2 Å². The molecule has 0 spiro atoms. The van der Waals surface area contributed by atoms with E-state index in [1.807, 2.05) is 6.92 Å². The topological polar surface area (TPSA) is 93.0 Å². The number of rotatable bonds is 4. The highest BCUT2D eigenvalue weighted by atomic mass is 16.7. The van der Waals surface area contributed by atoms with Crippen LogP contribution >= 0.6 is 0 Å². The molecule has 0 amide bonds. The smallest absolute Gasteiger partial charge is 0.375 e. The molecule has 7 heteroatoms. The zero-order chi connectivity index (χ0) is 12.7. The first kappa shape index (κ1) is 13.6. The van der Waals surface area contributed by atoms with Crippen LogP contribution in [0, 0.1) is 5.41 Å². The summed E-state index contributed by atoms with van der Waals surface area (Å²) in [5, 5.41) is 10.0. The third-order valence-electron chi connectivity index (χ3n) is 2.29. The van der Waals surface area contributed by atoms with E-state index in [0.717, 1.165) is 0 Å². The quantitative estimate of drug-likeness (QED) is 0.311. The van der Waals surface area contributed by atoms with Gasteiger partial charge in [0.2, 0.25) is 5.84 Å². The molecule has 1 rings (SSSR count). The van der Waals surface area contributed by atoms with Crippen molar-refractivity contribution in [3.8, 4) is 0 Å². The van der Waals surface area contributed by atoms with Gasteiger partial charge in [0.1, 0.15) is 0 Å². The number of aliphatic imine (C=N–C) groups is 1. The van der Waals surface area contributed by atoms with Crippen LogP contribution in [-0.4, -0.2) is 50.8 Å². The van der Waals surface area contributed by atoms with E-state index in [-0.39, 0.29) is 0 Å². The molecule has 0 saturated carbocycles. The fraction of sp³-hybridized carbons (Fsp3) is 0.700. The van der Waals surface area contributed by atoms with Gasteiger partial charge in [-0.25, -0.2) is 9.79 Å². The number of carbonyl (C=O) groups is 1. The first-order chi connectivity index (χ1) is 8.07. The Morgan fingerprint density at radius 3 is 2.82 bits per heavy atom. The van der Waals surface area contributed by atoms with Crippen molar-refractivity contribution >= 4 is 18.1 Å². The lowest BCUT2D eigenvalue weighted by molar-refractivity contribution is -0.145. The van der Waals surface area contributed by atoms with Crippen LogP contribution < -0.4 is 5.32 Å². The molecule has 0 bridgehead atoms. The van der Waals surface area contributed by atoms with Gasteiger partial charge in [-0.1, -0.05) is 0 Å². The van der Waals surface area contributed by atoms with Crippen molar-refractivity contribution in [2.75, 3.05) is 26.9 Å². The molecular weight excluding hydrogens is 226 g/mol. The maximum Gasteiger partial charge on any atom is 0.375 e. The molecule has 0 aromatic heterocycles. The summed E-state index contributed by atoms with van der Waals surface area (Å²) in [6, 6.07) is 0. The van der Waals surface area contributed by atoms with Gasteiger partial charge >= 0.3 is 5.97 Å². The van der Waals surface area contributed by atoms with Crippen molar-refractivity contribution in [3.05, 3.63) is 0 Å². The van der Waals surface area contributed by atoms with Crippen LogP contribution in [0.3, 0.4) is 0 Å². The molecule has 1 aliphatic rings. The number of amidine groups is 1. The van der Waals surface area contributed by atoms with Crippen LogP contribution in [0.2, 0.25) is 0 Å². The molecule has 1 fully saturated rings. The first-order valence-electron chi connectivity index (χ1n) is 5.28. The third kappa shape index (κ3) is 4.49. The fourth-order valence-corrected chi connectivity index (χ4v) is 1.32. The van der Waals surface area contributed by atoms with Crippen LogP contribution in [-0.2, 0) is 19.0 Å². The lowest BCUT2D eigenvalue weighted by Gasteiger charge is -2.21. The van der Waals surface area contributed by atoms with Gasteiger partial charge in [0.25, 0.3) is 0 Å². The van der Waals surface area contributed by atoms with E-state index >= 15 is 0 Å². The van der Waals surface area contributed by atoms with Gasteiger partial charge in [-0.2, -0.15) is 0 Å². The summed E-state index contributed by atoms with van der Waals surface area (Å²) < 4.78 is 15.1. The molecule has 17 heavy (non-hydrogen) atoms. The third-order valence-corrected chi connectivity index (χ3v) is 2.29. The van der Waals surface area contributed by atoms with Crippen molar-refractivity contribution in [3.63, 3.8) is 0 Å². The van der Waals surface area contributed by atoms with Crippen LogP contribution in [0.15, 0.2) is 4.99 Å². The minimum atomic E-state index is -0.766. The minimum Gasteiger partial charge on any atom is -0.463 e. The van der Waals surface area contributed by atoms with Crippen molar-refractivity contribution < 1.29 is 19.0 Å². The van der Waals surface area contributed by atoms with E-state index in [1.54, 1.807) is 0 Å². The summed E-state index contributed by atoms with van der Waals surface area (Å²) in [5.74, 6) is -1.76. The second kappa shape index (κ2) is 6.31. The molecule has 2 N–H and O–H groups in total. The molecule has 0 aromatic rings. The second-order valence-electron chi connectivity index (χ2n) is 3.63. The van der Waals surface area contributed by atoms with E-state index in [4.69, 9.17) is 14.9 Å². The number of hydrogen-bond donors (Lipinski definition) is 2. The number of nitrogens with zero attached hydrogens (tertiary/aromatic N) is 1. The van der Waals surface area contributed by atoms with Crippen molar-refractivity contribution in [2.24, 2.45) is 4.99 Å². The highest BCUT2D eigenvalue weighted by Gasteiger charge is 2.29. The molecule has 7 nitrogen and oxygen atoms in total.